The number of halogens is 2. The summed E-state index contributed by atoms with van der Waals surface area (Å²) in [6, 6.07) is 6.81. The minimum Gasteiger partial charge on any atom is -0.598 e. The lowest BCUT2D eigenvalue weighted by Gasteiger charge is -2.27. The lowest BCUT2D eigenvalue weighted by atomic mass is 10.1. The van der Waals surface area contributed by atoms with Crippen LogP contribution < -0.4 is 4.72 Å². The van der Waals surface area contributed by atoms with Crippen LogP contribution in [0.15, 0.2) is 28.7 Å². The van der Waals surface area contributed by atoms with Crippen LogP contribution in [0.2, 0.25) is 0 Å². The van der Waals surface area contributed by atoms with Gasteiger partial charge in [0.05, 0.1) is 0 Å². The Morgan fingerprint density at radius 2 is 1.88 bits per heavy atom. The van der Waals surface area contributed by atoms with Crippen LogP contribution >= 0.6 is 15.9 Å². The SMILES string of the molecule is CC(C)(C)[S@+]([O-])NC(CF)c1ccc(Br)cc1. The summed E-state index contributed by atoms with van der Waals surface area (Å²) >= 11 is 2.05. The Morgan fingerprint density at radius 3 is 2.29 bits per heavy atom. The van der Waals surface area contributed by atoms with Crippen molar-refractivity contribution in [3.05, 3.63) is 34.3 Å². The van der Waals surface area contributed by atoms with Crippen molar-refractivity contribution in [2.75, 3.05) is 6.67 Å². The molecule has 0 spiro atoms. The number of benzene rings is 1. The minimum atomic E-state index is -1.27. The molecule has 0 aliphatic heterocycles. The average Bonchev–Trinajstić information content (AvgIpc) is 2.25. The molecule has 17 heavy (non-hydrogen) atoms. The van der Waals surface area contributed by atoms with E-state index in [0.717, 1.165) is 10.0 Å². The molecule has 0 fully saturated rings. The molecule has 1 aromatic carbocycles. The van der Waals surface area contributed by atoms with Crippen molar-refractivity contribution in [2.45, 2.75) is 31.6 Å². The van der Waals surface area contributed by atoms with Crippen LogP contribution in [-0.2, 0) is 11.4 Å². The summed E-state index contributed by atoms with van der Waals surface area (Å²) in [5.41, 5.74) is 0.799. The fraction of sp³-hybridized carbons (Fsp3) is 0.500. The van der Waals surface area contributed by atoms with Crippen molar-refractivity contribution in [3.8, 4) is 0 Å². The summed E-state index contributed by atoms with van der Waals surface area (Å²) in [5, 5.41) is 0. The zero-order chi connectivity index (χ0) is 13.1. The summed E-state index contributed by atoms with van der Waals surface area (Å²) in [6.07, 6.45) is 0. The average molecular weight is 322 g/mol. The molecule has 0 saturated carbocycles. The summed E-state index contributed by atoms with van der Waals surface area (Å²) in [5.74, 6) is 0. The Hall–Kier alpha value is -0.100. The van der Waals surface area contributed by atoms with Crippen LogP contribution in [0, 0.1) is 0 Å². The molecule has 0 aromatic heterocycles. The molecule has 96 valence electrons. The van der Waals surface area contributed by atoms with Crippen molar-refractivity contribution >= 4 is 27.3 Å². The van der Waals surface area contributed by atoms with Gasteiger partial charge in [-0.2, -0.15) is 0 Å². The van der Waals surface area contributed by atoms with Gasteiger partial charge in [-0.15, -0.1) is 4.72 Å². The zero-order valence-corrected chi connectivity index (χ0v) is 12.6. The largest absolute Gasteiger partial charge is 0.598 e. The molecule has 5 heteroatoms. The monoisotopic (exact) mass is 321 g/mol. The van der Waals surface area contributed by atoms with E-state index in [4.69, 9.17) is 0 Å². The normalized spacial score (nSPS) is 15.6. The van der Waals surface area contributed by atoms with E-state index in [2.05, 4.69) is 20.7 Å². The Bertz CT molecular complexity index is 353. The lowest BCUT2D eigenvalue weighted by molar-refractivity contribution is 0.410. The van der Waals surface area contributed by atoms with E-state index in [1.165, 1.54) is 0 Å². The second kappa shape index (κ2) is 6.18. The maximum absolute atomic E-state index is 13.0. The second-order valence-corrected chi connectivity index (χ2v) is 7.67. The van der Waals surface area contributed by atoms with Crippen LogP contribution in [0.5, 0.6) is 0 Å². The number of hydrogen-bond acceptors (Lipinski definition) is 2. The molecule has 0 amide bonds. The van der Waals surface area contributed by atoms with Crippen molar-refractivity contribution in [2.24, 2.45) is 0 Å². The molecule has 2 nitrogen and oxygen atoms in total. The van der Waals surface area contributed by atoms with E-state index in [1.54, 1.807) is 0 Å². The molecule has 1 unspecified atom stereocenters. The predicted octanol–water partition coefficient (Wildman–Crippen LogP) is 3.51. The number of hydrogen-bond donors (Lipinski definition) is 1. The molecule has 1 N–H and O–H groups in total. The second-order valence-electron chi connectivity index (χ2n) is 4.76. The third kappa shape index (κ3) is 4.58. The Balaban J connectivity index is 2.75. The van der Waals surface area contributed by atoms with Gasteiger partial charge in [0.15, 0.2) is 0 Å². The van der Waals surface area contributed by atoms with Gasteiger partial charge in [-0.05, 0) is 38.5 Å². The van der Waals surface area contributed by atoms with Crippen molar-refractivity contribution in [1.29, 1.82) is 0 Å². The Labute approximate surface area is 113 Å². The van der Waals surface area contributed by atoms with Gasteiger partial charge in [-0.3, -0.25) is 0 Å². The van der Waals surface area contributed by atoms with Gasteiger partial charge in [0.2, 0.25) is 0 Å². The first-order valence-electron chi connectivity index (χ1n) is 5.34. The Morgan fingerprint density at radius 1 is 1.35 bits per heavy atom. The summed E-state index contributed by atoms with van der Waals surface area (Å²) in [6.45, 7) is 4.98. The van der Waals surface area contributed by atoms with Gasteiger partial charge >= 0.3 is 0 Å². The van der Waals surface area contributed by atoms with Crippen LogP contribution in [0.25, 0.3) is 0 Å². The first-order valence-corrected chi connectivity index (χ1v) is 7.28. The third-order valence-electron chi connectivity index (χ3n) is 2.23. The highest BCUT2D eigenvalue weighted by atomic mass is 79.9. The van der Waals surface area contributed by atoms with Gasteiger partial charge in [0.1, 0.15) is 17.5 Å². The molecule has 0 bridgehead atoms. The molecule has 1 rings (SSSR count). The van der Waals surface area contributed by atoms with E-state index in [-0.39, 0.29) is 0 Å². The van der Waals surface area contributed by atoms with Gasteiger partial charge in [-0.1, -0.05) is 28.1 Å². The summed E-state index contributed by atoms with van der Waals surface area (Å²) < 4.78 is 28.2. The summed E-state index contributed by atoms with van der Waals surface area (Å²) in [7, 11) is 0. The van der Waals surface area contributed by atoms with Crippen molar-refractivity contribution in [1.82, 2.24) is 4.72 Å². The van der Waals surface area contributed by atoms with Gasteiger partial charge in [0, 0.05) is 15.8 Å². The van der Waals surface area contributed by atoms with E-state index >= 15 is 0 Å². The van der Waals surface area contributed by atoms with E-state index in [9.17, 15) is 8.94 Å². The smallest absolute Gasteiger partial charge is 0.136 e. The molecule has 1 aromatic rings. The predicted molar refractivity (Wildman–Crippen MR) is 73.9 cm³/mol. The van der Waals surface area contributed by atoms with E-state index in [0.29, 0.717) is 0 Å². The molecular weight excluding hydrogens is 305 g/mol. The summed E-state index contributed by atoms with van der Waals surface area (Å²) in [4.78, 5) is 0. The van der Waals surface area contributed by atoms with Crippen molar-refractivity contribution < 1.29 is 8.94 Å². The molecule has 2 atom stereocenters. The van der Waals surface area contributed by atoms with Gasteiger partial charge in [0.25, 0.3) is 0 Å². The topological polar surface area (TPSA) is 35.1 Å². The van der Waals surface area contributed by atoms with Crippen LogP contribution in [-0.4, -0.2) is 16.0 Å². The lowest BCUT2D eigenvalue weighted by Crippen LogP contribution is -2.41. The molecule has 0 aliphatic carbocycles. The third-order valence-corrected chi connectivity index (χ3v) is 4.37. The first-order chi connectivity index (χ1) is 7.84. The number of rotatable bonds is 4. The molecule has 0 aliphatic rings. The Kier molecular flexibility index (Phi) is 5.44. The van der Waals surface area contributed by atoms with E-state index < -0.39 is 28.8 Å². The number of nitrogens with one attached hydrogen (secondary N) is 1. The van der Waals surface area contributed by atoms with Crippen LogP contribution in [0.4, 0.5) is 4.39 Å². The fourth-order valence-corrected chi connectivity index (χ4v) is 2.27. The van der Waals surface area contributed by atoms with E-state index in [1.807, 2.05) is 45.0 Å². The molecule has 0 heterocycles. The molecule has 0 radical (unpaired) electrons. The quantitative estimate of drug-likeness (QED) is 0.861. The number of alkyl halides is 1. The zero-order valence-electron chi connectivity index (χ0n) is 10.2. The molecule has 0 saturated heterocycles. The highest BCUT2D eigenvalue weighted by molar-refractivity contribution is 9.10. The van der Waals surface area contributed by atoms with Gasteiger partial charge in [-0.25, -0.2) is 4.39 Å². The van der Waals surface area contributed by atoms with Crippen LogP contribution in [0.3, 0.4) is 0 Å². The van der Waals surface area contributed by atoms with Gasteiger partial charge < -0.3 is 4.55 Å². The van der Waals surface area contributed by atoms with Crippen LogP contribution in [0.1, 0.15) is 32.4 Å². The minimum absolute atomic E-state index is 0.400. The fourth-order valence-electron chi connectivity index (χ4n) is 1.19. The standard InChI is InChI=1S/C12H17BrFNOS/c1-12(2,3)17(16)15-11(8-14)9-4-6-10(13)7-5-9/h4-7,11,15H,8H2,1-3H3/t11?,17-/m0/s1. The maximum atomic E-state index is 13.0. The highest BCUT2D eigenvalue weighted by Gasteiger charge is 2.29. The first kappa shape index (κ1) is 15.0. The highest BCUT2D eigenvalue weighted by Crippen LogP contribution is 2.21. The molecular formula is C12H17BrFNOS. The maximum Gasteiger partial charge on any atom is 0.136 e. The van der Waals surface area contributed by atoms with Crippen molar-refractivity contribution in [3.63, 3.8) is 0 Å².